The summed E-state index contributed by atoms with van der Waals surface area (Å²) >= 11 is 0. The van der Waals surface area contributed by atoms with Crippen molar-refractivity contribution in [3.63, 3.8) is 0 Å². The van der Waals surface area contributed by atoms with Gasteiger partial charge in [0.1, 0.15) is 25.4 Å². The van der Waals surface area contributed by atoms with Crippen molar-refractivity contribution in [2.75, 3.05) is 33.5 Å². The molecule has 4 N–H and O–H groups in total. The predicted molar refractivity (Wildman–Crippen MR) is 60.3 cm³/mol. The van der Waals surface area contributed by atoms with Crippen molar-refractivity contribution in [1.82, 2.24) is 0 Å². The Bertz CT molecular complexity index is 196. The van der Waals surface area contributed by atoms with E-state index in [2.05, 4.69) is 21.1 Å². The quantitative estimate of drug-likeness (QED) is 0.131. The summed E-state index contributed by atoms with van der Waals surface area (Å²) in [4.78, 5) is 18.6. The molecule has 0 saturated carbocycles. The van der Waals surface area contributed by atoms with Gasteiger partial charge in [-0.1, -0.05) is 6.58 Å². The second-order valence-electron chi connectivity index (χ2n) is 2.97. The highest BCUT2D eigenvalue weighted by Gasteiger charge is 2.04. The first-order chi connectivity index (χ1) is 8.51. The number of hydrogen-bond donors (Lipinski definition) is 4. The van der Waals surface area contributed by atoms with Gasteiger partial charge in [-0.2, -0.15) is 0 Å². The van der Waals surface area contributed by atoms with Gasteiger partial charge in [-0.25, -0.2) is 14.6 Å². The molecule has 0 aliphatic rings. The number of carbonyl (C=O) groups is 1. The third-order valence-electron chi connectivity index (χ3n) is 1.39. The third-order valence-corrected chi connectivity index (χ3v) is 1.39. The first kappa shape index (κ1) is 19.3. The first-order valence-corrected chi connectivity index (χ1v) is 5.04. The molecular formula is C10H20O8. The van der Waals surface area contributed by atoms with Gasteiger partial charge in [-0.05, 0) is 0 Å². The Hall–Kier alpha value is -1.03. The molecule has 0 aromatic rings. The van der Waals surface area contributed by atoms with E-state index in [0.29, 0.717) is 0 Å². The van der Waals surface area contributed by atoms with Crippen LogP contribution in [0.4, 0.5) is 0 Å². The molecule has 0 bridgehead atoms. The maximum Gasteiger partial charge on any atom is 0.329 e. The average Bonchev–Trinajstić information content (AvgIpc) is 2.42. The van der Waals surface area contributed by atoms with E-state index in [4.69, 9.17) is 20.4 Å². The number of aliphatic hydroxyl groups excluding tert-OH is 4. The van der Waals surface area contributed by atoms with Gasteiger partial charge < -0.3 is 25.2 Å². The summed E-state index contributed by atoms with van der Waals surface area (Å²) in [6.07, 6.45) is -0.868. The van der Waals surface area contributed by atoms with Crippen molar-refractivity contribution in [1.29, 1.82) is 0 Å². The van der Waals surface area contributed by atoms with Crippen LogP contribution in [0.3, 0.4) is 0 Å². The van der Waals surface area contributed by atoms with Crippen LogP contribution in [0, 0.1) is 0 Å². The summed E-state index contributed by atoms with van der Waals surface area (Å²) in [5.74, 6) is -0.394. The van der Waals surface area contributed by atoms with E-state index in [0.717, 1.165) is 6.08 Å². The van der Waals surface area contributed by atoms with Crippen LogP contribution in [0.25, 0.3) is 0 Å². The van der Waals surface area contributed by atoms with Gasteiger partial charge >= 0.3 is 5.97 Å². The minimum Gasteiger partial charge on any atom is -0.466 e. The van der Waals surface area contributed by atoms with E-state index in [1.807, 2.05) is 0 Å². The smallest absolute Gasteiger partial charge is 0.329 e. The lowest BCUT2D eigenvalue weighted by Gasteiger charge is -2.09. The van der Waals surface area contributed by atoms with Gasteiger partial charge in [-0.3, -0.25) is 0 Å². The number of aliphatic hydroxyl groups is 4. The number of esters is 1. The molecule has 2 unspecified atom stereocenters. The Morgan fingerprint density at radius 2 is 1.56 bits per heavy atom. The van der Waals surface area contributed by atoms with E-state index in [-0.39, 0.29) is 13.2 Å². The van der Waals surface area contributed by atoms with Gasteiger partial charge in [0.25, 0.3) is 0 Å². The molecule has 0 heterocycles. The van der Waals surface area contributed by atoms with E-state index in [1.54, 1.807) is 0 Å². The fraction of sp³-hybridized carbons (Fsp3) is 0.700. The number of ether oxygens (including phenoxy) is 1. The lowest BCUT2D eigenvalue weighted by Crippen LogP contribution is -2.23. The molecule has 0 fully saturated rings. The molecule has 108 valence electrons. The number of carbonyl (C=O) groups excluding carboxylic acids is 1. The highest BCUT2D eigenvalue weighted by atomic mass is 17.2. The van der Waals surface area contributed by atoms with Gasteiger partial charge in [0.15, 0.2) is 0 Å². The SMILES string of the molecule is C=CC(=O)OC.OCC(O)COOCC(O)CO. The molecule has 0 amide bonds. The Morgan fingerprint density at radius 3 is 1.72 bits per heavy atom. The normalized spacial score (nSPS) is 12.9. The van der Waals surface area contributed by atoms with Crippen LogP contribution in [0.1, 0.15) is 0 Å². The predicted octanol–water partition coefficient (Wildman–Crippen LogP) is -2.01. The molecule has 0 spiro atoms. The minimum atomic E-state index is -0.990. The largest absolute Gasteiger partial charge is 0.466 e. The summed E-state index contributed by atoms with van der Waals surface area (Å²) in [6.45, 7) is 1.99. The third kappa shape index (κ3) is 15.0. The van der Waals surface area contributed by atoms with Crippen LogP contribution in [0.5, 0.6) is 0 Å². The maximum atomic E-state index is 9.84. The van der Waals surface area contributed by atoms with Crippen molar-refractivity contribution in [2.45, 2.75) is 12.2 Å². The van der Waals surface area contributed by atoms with Gasteiger partial charge in [0, 0.05) is 6.08 Å². The fourth-order valence-electron chi connectivity index (χ4n) is 0.442. The minimum absolute atomic E-state index is 0.172. The van der Waals surface area contributed by atoms with Gasteiger partial charge in [0.05, 0.1) is 20.3 Å². The van der Waals surface area contributed by atoms with E-state index < -0.39 is 31.4 Å². The van der Waals surface area contributed by atoms with Crippen LogP contribution in [-0.2, 0) is 19.3 Å². The van der Waals surface area contributed by atoms with Gasteiger partial charge in [-0.15, -0.1) is 0 Å². The Balaban J connectivity index is 0. The van der Waals surface area contributed by atoms with E-state index >= 15 is 0 Å². The Morgan fingerprint density at radius 1 is 1.17 bits per heavy atom. The highest BCUT2D eigenvalue weighted by molar-refractivity contribution is 5.80. The van der Waals surface area contributed by atoms with Crippen molar-refractivity contribution in [2.24, 2.45) is 0 Å². The monoisotopic (exact) mass is 268 g/mol. The zero-order valence-corrected chi connectivity index (χ0v) is 10.2. The molecule has 8 heteroatoms. The maximum absolute atomic E-state index is 9.84. The number of rotatable bonds is 8. The lowest BCUT2D eigenvalue weighted by molar-refractivity contribution is -0.316. The topological polar surface area (TPSA) is 126 Å². The number of methoxy groups -OCH3 is 1. The second-order valence-corrected chi connectivity index (χ2v) is 2.97. The van der Waals surface area contributed by atoms with Crippen molar-refractivity contribution >= 4 is 5.97 Å². The molecule has 0 aliphatic carbocycles. The van der Waals surface area contributed by atoms with Crippen molar-refractivity contribution < 1.29 is 39.7 Å². The molecule has 8 nitrogen and oxygen atoms in total. The molecule has 0 saturated heterocycles. The van der Waals surface area contributed by atoms with Crippen LogP contribution in [-0.4, -0.2) is 72.1 Å². The summed E-state index contributed by atoms with van der Waals surface area (Å²) in [5.41, 5.74) is 0. The second kappa shape index (κ2) is 14.0. The molecule has 0 rings (SSSR count). The summed E-state index contributed by atoms with van der Waals surface area (Å²) < 4.78 is 4.14. The molecule has 0 aliphatic heterocycles. The molecule has 18 heavy (non-hydrogen) atoms. The zero-order chi connectivity index (χ0) is 14.4. The van der Waals surface area contributed by atoms with Crippen molar-refractivity contribution in [3.8, 4) is 0 Å². The summed E-state index contributed by atoms with van der Waals surface area (Å²) in [5, 5.41) is 34.1. The fourth-order valence-corrected chi connectivity index (χ4v) is 0.442. The van der Waals surface area contributed by atoms with E-state index in [1.165, 1.54) is 7.11 Å². The van der Waals surface area contributed by atoms with Crippen LogP contribution in [0.15, 0.2) is 12.7 Å². The number of hydrogen-bond acceptors (Lipinski definition) is 8. The average molecular weight is 268 g/mol. The summed E-state index contributed by atoms with van der Waals surface area (Å²) in [7, 11) is 1.31. The van der Waals surface area contributed by atoms with Crippen LogP contribution in [0.2, 0.25) is 0 Å². The highest BCUT2D eigenvalue weighted by Crippen LogP contribution is 1.88. The van der Waals surface area contributed by atoms with Crippen LogP contribution >= 0.6 is 0 Å². The Labute approximate surface area is 105 Å². The molecular weight excluding hydrogens is 248 g/mol. The molecule has 2 atom stereocenters. The zero-order valence-electron chi connectivity index (χ0n) is 10.2. The first-order valence-electron chi connectivity index (χ1n) is 5.04. The van der Waals surface area contributed by atoms with Crippen molar-refractivity contribution in [3.05, 3.63) is 12.7 Å². The Kier molecular flexibility index (Phi) is 15.1. The summed E-state index contributed by atoms with van der Waals surface area (Å²) in [6, 6.07) is 0. The lowest BCUT2D eigenvalue weighted by atomic mass is 10.4. The van der Waals surface area contributed by atoms with Gasteiger partial charge in [0.2, 0.25) is 0 Å². The molecule has 0 aromatic heterocycles. The molecule has 0 radical (unpaired) electrons. The van der Waals surface area contributed by atoms with E-state index in [9.17, 15) is 4.79 Å². The molecule has 0 aromatic carbocycles. The van der Waals surface area contributed by atoms with Crippen LogP contribution < -0.4 is 0 Å². The standard InChI is InChI=1S/C6H14O6.C4H6O2/c7-1-5(9)3-11-12-4-6(10)2-8;1-3-4(5)6-2/h5-10H,1-4H2;3H,1H2,2H3.